The fraction of sp³-hybridized carbons (Fsp3) is 0.115. The Hall–Kier alpha value is -4.39. The van der Waals surface area contributed by atoms with Crippen LogP contribution >= 0.6 is 23.2 Å². The highest BCUT2D eigenvalue weighted by Crippen LogP contribution is 2.38. The molecule has 1 unspecified atom stereocenters. The number of methoxy groups -OCH3 is 1. The molecule has 1 aromatic heterocycles. The maximum Gasteiger partial charge on any atom is 0.353 e. The fourth-order valence-electron chi connectivity index (χ4n) is 3.78. The SMILES string of the molecule is COc1ccccc1Nc1ncnc(Nc2cc(Cl)c(C(C#N)c3ccc(Cl)cc3)cc2C)c1[N+](=O)[O-]. The largest absolute Gasteiger partial charge is 0.495 e. The maximum atomic E-state index is 12.0. The Morgan fingerprint density at radius 2 is 1.68 bits per heavy atom. The van der Waals surface area contributed by atoms with E-state index in [-0.39, 0.29) is 17.3 Å². The number of hydrogen-bond acceptors (Lipinski definition) is 8. The van der Waals surface area contributed by atoms with Crippen molar-refractivity contribution in [2.45, 2.75) is 12.8 Å². The summed E-state index contributed by atoms with van der Waals surface area (Å²) in [7, 11) is 1.50. The monoisotopic (exact) mass is 534 g/mol. The summed E-state index contributed by atoms with van der Waals surface area (Å²) >= 11 is 12.6. The fourth-order valence-corrected chi connectivity index (χ4v) is 4.18. The van der Waals surface area contributed by atoms with Gasteiger partial charge < -0.3 is 15.4 Å². The van der Waals surface area contributed by atoms with Crippen LogP contribution in [-0.4, -0.2) is 22.0 Å². The molecule has 4 rings (SSSR count). The first-order chi connectivity index (χ1) is 17.8. The first-order valence-corrected chi connectivity index (χ1v) is 11.7. The van der Waals surface area contributed by atoms with E-state index in [4.69, 9.17) is 27.9 Å². The summed E-state index contributed by atoms with van der Waals surface area (Å²) in [4.78, 5) is 19.6. The highest BCUT2D eigenvalue weighted by Gasteiger charge is 2.25. The van der Waals surface area contributed by atoms with Crippen LogP contribution in [0.2, 0.25) is 10.0 Å². The molecule has 0 saturated heterocycles. The molecule has 2 N–H and O–H groups in total. The van der Waals surface area contributed by atoms with E-state index in [0.29, 0.717) is 38.3 Å². The van der Waals surface area contributed by atoms with Crippen LogP contribution in [0.4, 0.5) is 28.7 Å². The van der Waals surface area contributed by atoms with Crippen molar-refractivity contribution in [1.82, 2.24) is 9.97 Å². The maximum absolute atomic E-state index is 12.0. The molecule has 186 valence electrons. The van der Waals surface area contributed by atoms with Gasteiger partial charge in [0.15, 0.2) is 0 Å². The van der Waals surface area contributed by atoms with E-state index in [1.165, 1.54) is 13.4 Å². The third-order valence-electron chi connectivity index (χ3n) is 5.61. The highest BCUT2D eigenvalue weighted by molar-refractivity contribution is 6.32. The van der Waals surface area contributed by atoms with Crippen molar-refractivity contribution >= 4 is 51.9 Å². The predicted molar refractivity (Wildman–Crippen MR) is 143 cm³/mol. The molecule has 4 aromatic rings. The van der Waals surface area contributed by atoms with Gasteiger partial charge in [0.1, 0.15) is 12.1 Å². The van der Waals surface area contributed by atoms with Crippen molar-refractivity contribution in [3.63, 3.8) is 0 Å². The number of aromatic nitrogens is 2. The average Bonchev–Trinajstić information content (AvgIpc) is 2.88. The van der Waals surface area contributed by atoms with Crippen LogP contribution in [0.5, 0.6) is 5.75 Å². The molecular formula is C26H20Cl2N6O3. The standard InChI is InChI=1S/C26H20Cl2N6O3/c1-15-11-18(19(13-29)16-7-9-17(27)10-8-16)20(28)12-22(15)33-26-24(34(35)36)25(30-14-31-26)32-21-5-3-4-6-23(21)37-2/h3-12,14,19H,1-2H3,(H2,30,31,32,33). The Morgan fingerprint density at radius 3 is 2.30 bits per heavy atom. The number of para-hydroxylation sites is 2. The van der Waals surface area contributed by atoms with Gasteiger partial charge in [-0.1, -0.05) is 53.5 Å². The Balaban J connectivity index is 1.69. The normalized spacial score (nSPS) is 11.3. The number of nitrogens with one attached hydrogen (secondary N) is 2. The zero-order chi connectivity index (χ0) is 26.5. The van der Waals surface area contributed by atoms with Gasteiger partial charge in [-0.25, -0.2) is 9.97 Å². The molecule has 3 aromatic carbocycles. The molecule has 11 heteroatoms. The average molecular weight is 535 g/mol. The summed E-state index contributed by atoms with van der Waals surface area (Å²) in [6, 6.07) is 19.6. The van der Waals surface area contributed by atoms with Gasteiger partial charge in [-0.05, 0) is 53.9 Å². The van der Waals surface area contributed by atoms with Crippen molar-refractivity contribution < 1.29 is 9.66 Å². The molecule has 0 aliphatic heterocycles. The molecular weight excluding hydrogens is 515 g/mol. The Morgan fingerprint density at radius 1 is 1.03 bits per heavy atom. The number of anilines is 4. The smallest absolute Gasteiger partial charge is 0.353 e. The van der Waals surface area contributed by atoms with Crippen molar-refractivity contribution in [1.29, 1.82) is 5.26 Å². The first kappa shape index (κ1) is 25.7. The molecule has 0 fully saturated rings. The summed E-state index contributed by atoms with van der Waals surface area (Å²) in [5.74, 6) is -0.170. The summed E-state index contributed by atoms with van der Waals surface area (Å²) in [5, 5.41) is 28.7. The lowest BCUT2D eigenvalue weighted by atomic mass is 9.91. The van der Waals surface area contributed by atoms with E-state index in [1.807, 2.05) is 0 Å². The molecule has 0 spiro atoms. The molecule has 0 bridgehead atoms. The summed E-state index contributed by atoms with van der Waals surface area (Å²) in [6.45, 7) is 1.81. The van der Waals surface area contributed by atoms with E-state index in [0.717, 1.165) is 5.56 Å². The van der Waals surface area contributed by atoms with Gasteiger partial charge >= 0.3 is 5.69 Å². The van der Waals surface area contributed by atoms with Crippen molar-refractivity contribution in [2.24, 2.45) is 0 Å². The van der Waals surface area contributed by atoms with Crippen LogP contribution in [0.15, 0.2) is 67.0 Å². The van der Waals surface area contributed by atoms with Gasteiger partial charge in [0, 0.05) is 15.7 Å². The van der Waals surface area contributed by atoms with Crippen LogP contribution in [-0.2, 0) is 0 Å². The minimum Gasteiger partial charge on any atom is -0.495 e. The van der Waals surface area contributed by atoms with Crippen LogP contribution in [0, 0.1) is 28.4 Å². The zero-order valence-electron chi connectivity index (χ0n) is 19.7. The molecule has 0 amide bonds. The minimum atomic E-state index is -0.623. The number of aryl methyl sites for hydroxylation is 1. The third-order valence-corrected chi connectivity index (χ3v) is 6.18. The first-order valence-electron chi connectivity index (χ1n) is 10.9. The minimum absolute atomic E-state index is 0.0142. The molecule has 0 aliphatic rings. The molecule has 1 heterocycles. The number of hydrogen-bond donors (Lipinski definition) is 2. The van der Waals surface area contributed by atoms with Gasteiger partial charge in [0.05, 0.1) is 29.7 Å². The van der Waals surface area contributed by atoms with Gasteiger partial charge in [0.2, 0.25) is 11.6 Å². The number of nitro groups is 1. The van der Waals surface area contributed by atoms with Crippen LogP contribution in [0.25, 0.3) is 0 Å². The molecule has 37 heavy (non-hydrogen) atoms. The second kappa shape index (κ2) is 11.1. The van der Waals surface area contributed by atoms with E-state index in [2.05, 4.69) is 26.7 Å². The van der Waals surface area contributed by atoms with Crippen molar-refractivity contribution in [3.8, 4) is 11.8 Å². The van der Waals surface area contributed by atoms with E-state index >= 15 is 0 Å². The predicted octanol–water partition coefficient (Wildman–Crippen LogP) is 7.15. The summed E-state index contributed by atoms with van der Waals surface area (Å²) in [6.07, 6.45) is 1.21. The van der Waals surface area contributed by atoms with Crippen molar-refractivity contribution in [3.05, 3.63) is 104 Å². The quantitative estimate of drug-likeness (QED) is 0.180. The number of benzene rings is 3. The Bertz CT molecular complexity index is 1510. The number of halogens is 2. The molecule has 1 atom stereocenters. The second-order valence-electron chi connectivity index (χ2n) is 7.93. The van der Waals surface area contributed by atoms with Gasteiger partial charge in [0.25, 0.3) is 0 Å². The summed E-state index contributed by atoms with van der Waals surface area (Å²) in [5.41, 5.74) is 2.69. The molecule has 9 nitrogen and oxygen atoms in total. The Labute approximate surface area is 222 Å². The Kier molecular flexibility index (Phi) is 7.72. The van der Waals surface area contributed by atoms with Gasteiger partial charge in [-0.3, -0.25) is 10.1 Å². The summed E-state index contributed by atoms with van der Waals surface area (Å²) < 4.78 is 5.31. The van der Waals surface area contributed by atoms with E-state index in [9.17, 15) is 15.4 Å². The second-order valence-corrected chi connectivity index (χ2v) is 8.77. The third kappa shape index (κ3) is 5.56. The number of nitriles is 1. The van der Waals surface area contributed by atoms with Gasteiger partial charge in [-0.15, -0.1) is 0 Å². The number of rotatable bonds is 8. The number of ether oxygens (including phenoxy) is 1. The lowest BCUT2D eigenvalue weighted by Crippen LogP contribution is -2.07. The van der Waals surface area contributed by atoms with E-state index < -0.39 is 10.8 Å². The van der Waals surface area contributed by atoms with Crippen LogP contribution in [0.3, 0.4) is 0 Å². The topological polar surface area (TPSA) is 126 Å². The highest BCUT2D eigenvalue weighted by atomic mass is 35.5. The number of nitrogens with zero attached hydrogens (tertiary/aromatic N) is 4. The van der Waals surface area contributed by atoms with Crippen molar-refractivity contribution in [2.75, 3.05) is 17.7 Å². The van der Waals surface area contributed by atoms with E-state index in [1.54, 1.807) is 67.6 Å². The molecule has 0 radical (unpaired) electrons. The molecule has 0 saturated carbocycles. The zero-order valence-corrected chi connectivity index (χ0v) is 21.2. The lowest BCUT2D eigenvalue weighted by molar-refractivity contribution is -0.383. The van der Waals surface area contributed by atoms with Gasteiger partial charge in [-0.2, -0.15) is 5.26 Å². The van der Waals surface area contributed by atoms with Crippen LogP contribution < -0.4 is 15.4 Å². The lowest BCUT2D eigenvalue weighted by Gasteiger charge is -2.17. The molecule has 0 aliphatic carbocycles. The van der Waals surface area contributed by atoms with Crippen LogP contribution in [0.1, 0.15) is 22.6 Å².